The molecule has 2 N–H and O–H groups in total. The number of ether oxygens (including phenoxy) is 1. The molecule has 0 fully saturated rings. The van der Waals surface area contributed by atoms with Crippen LogP contribution in [0, 0.1) is 6.92 Å². The van der Waals surface area contributed by atoms with Crippen LogP contribution in [0.5, 0.6) is 5.75 Å². The van der Waals surface area contributed by atoms with E-state index in [9.17, 15) is 9.59 Å². The Bertz CT molecular complexity index is 737. The van der Waals surface area contributed by atoms with Gasteiger partial charge in [-0.05, 0) is 68.8 Å². The third-order valence-electron chi connectivity index (χ3n) is 3.26. The molecule has 0 saturated heterocycles. The van der Waals surface area contributed by atoms with Crippen molar-refractivity contribution < 1.29 is 14.3 Å². The molecule has 126 valence electrons. The van der Waals surface area contributed by atoms with Gasteiger partial charge in [0, 0.05) is 23.9 Å². The Labute approximate surface area is 142 Å². The summed E-state index contributed by atoms with van der Waals surface area (Å²) in [4.78, 5) is 23.3. The van der Waals surface area contributed by atoms with E-state index in [1.807, 2.05) is 39.0 Å². The molecular weight excluding hydrogens is 304 g/mol. The zero-order chi connectivity index (χ0) is 17.7. The molecule has 0 heterocycles. The summed E-state index contributed by atoms with van der Waals surface area (Å²) in [5, 5.41) is 5.52. The minimum Gasteiger partial charge on any atom is -0.491 e. The highest BCUT2D eigenvalue weighted by atomic mass is 16.5. The summed E-state index contributed by atoms with van der Waals surface area (Å²) in [5.74, 6) is 0.454. The van der Waals surface area contributed by atoms with Crippen LogP contribution in [0.25, 0.3) is 0 Å². The minimum atomic E-state index is -0.207. The van der Waals surface area contributed by atoms with Crippen LogP contribution in [-0.4, -0.2) is 17.9 Å². The first kappa shape index (κ1) is 17.5. The first-order chi connectivity index (χ1) is 11.3. The number of carbonyl (C=O) groups is 2. The molecule has 0 aliphatic rings. The molecule has 0 unspecified atom stereocenters. The minimum absolute atomic E-state index is 0.103. The van der Waals surface area contributed by atoms with Gasteiger partial charge in [-0.1, -0.05) is 0 Å². The van der Waals surface area contributed by atoms with Crippen LogP contribution in [0.15, 0.2) is 42.5 Å². The Hall–Kier alpha value is -2.82. The average molecular weight is 326 g/mol. The van der Waals surface area contributed by atoms with E-state index in [-0.39, 0.29) is 17.9 Å². The van der Waals surface area contributed by atoms with Gasteiger partial charge in [0.25, 0.3) is 5.91 Å². The summed E-state index contributed by atoms with van der Waals surface area (Å²) in [6, 6.07) is 12.3. The van der Waals surface area contributed by atoms with Gasteiger partial charge >= 0.3 is 0 Å². The number of hydrogen-bond donors (Lipinski definition) is 2. The van der Waals surface area contributed by atoms with Crippen molar-refractivity contribution in [3.63, 3.8) is 0 Å². The van der Waals surface area contributed by atoms with Gasteiger partial charge in [0.1, 0.15) is 5.75 Å². The standard InChI is InChI=1S/C19H22N2O3/c1-12(2)24-18-10-9-17(11-13(18)3)21-19(23)15-5-7-16(8-6-15)20-14(4)22/h5-12H,1-4H3,(H,20,22)(H,21,23). The van der Waals surface area contributed by atoms with Crippen molar-refractivity contribution in [3.8, 4) is 5.75 Å². The lowest BCUT2D eigenvalue weighted by molar-refractivity contribution is -0.114. The van der Waals surface area contributed by atoms with Crippen LogP contribution in [0.2, 0.25) is 0 Å². The fraction of sp³-hybridized carbons (Fsp3) is 0.263. The number of anilines is 2. The molecule has 0 spiro atoms. The number of amides is 2. The Morgan fingerprint density at radius 2 is 1.58 bits per heavy atom. The first-order valence-electron chi connectivity index (χ1n) is 7.81. The maximum absolute atomic E-state index is 12.3. The number of hydrogen-bond acceptors (Lipinski definition) is 3. The Morgan fingerprint density at radius 3 is 2.12 bits per heavy atom. The third kappa shape index (κ3) is 4.84. The van der Waals surface area contributed by atoms with Crippen LogP contribution in [0.1, 0.15) is 36.7 Å². The summed E-state index contributed by atoms with van der Waals surface area (Å²) in [6.07, 6.45) is 0.103. The van der Waals surface area contributed by atoms with Crippen LogP contribution in [0.4, 0.5) is 11.4 Å². The molecular formula is C19H22N2O3. The van der Waals surface area contributed by atoms with Crippen molar-refractivity contribution in [1.29, 1.82) is 0 Å². The molecule has 0 aliphatic heterocycles. The number of aryl methyl sites for hydroxylation is 1. The molecule has 0 atom stereocenters. The van der Waals surface area contributed by atoms with Gasteiger partial charge in [-0.25, -0.2) is 0 Å². The lowest BCUT2D eigenvalue weighted by Gasteiger charge is -2.14. The van der Waals surface area contributed by atoms with E-state index < -0.39 is 0 Å². The summed E-state index contributed by atoms with van der Waals surface area (Å²) in [6.45, 7) is 7.32. The normalized spacial score (nSPS) is 10.4. The zero-order valence-corrected chi connectivity index (χ0v) is 14.3. The second-order valence-electron chi connectivity index (χ2n) is 5.86. The molecule has 5 nitrogen and oxygen atoms in total. The van der Waals surface area contributed by atoms with Crippen LogP contribution in [0.3, 0.4) is 0 Å². The number of carbonyl (C=O) groups excluding carboxylic acids is 2. The van der Waals surface area contributed by atoms with Gasteiger partial charge < -0.3 is 15.4 Å². The van der Waals surface area contributed by atoms with E-state index in [2.05, 4.69) is 10.6 Å². The lowest BCUT2D eigenvalue weighted by atomic mass is 10.1. The topological polar surface area (TPSA) is 67.4 Å². The third-order valence-corrected chi connectivity index (χ3v) is 3.26. The average Bonchev–Trinajstić information content (AvgIpc) is 2.49. The van der Waals surface area contributed by atoms with E-state index >= 15 is 0 Å². The quantitative estimate of drug-likeness (QED) is 0.873. The monoisotopic (exact) mass is 326 g/mol. The van der Waals surface area contributed by atoms with E-state index in [1.165, 1.54) is 6.92 Å². The summed E-state index contributed by atoms with van der Waals surface area (Å²) in [5.41, 5.74) is 2.84. The fourth-order valence-electron chi connectivity index (χ4n) is 2.22. The van der Waals surface area contributed by atoms with E-state index in [1.54, 1.807) is 24.3 Å². The van der Waals surface area contributed by atoms with Crippen molar-refractivity contribution in [3.05, 3.63) is 53.6 Å². The van der Waals surface area contributed by atoms with Gasteiger partial charge in [0.05, 0.1) is 6.10 Å². The predicted molar refractivity (Wildman–Crippen MR) is 95.6 cm³/mol. The molecule has 24 heavy (non-hydrogen) atoms. The number of nitrogens with one attached hydrogen (secondary N) is 2. The highest BCUT2D eigenvalue weighted by molar-refractivity contribution is 6.04. The highest BCUT2D eigenvalue weighted by Gasteiger charge is 2.08. The van der Waals surface area contributed by atoms with Gasteiger partial charge in [-0.3, -0.25) is 9.59 Å². The maximum atomic E-state index is 12.3. The van der Waals surface area contributed by atoms with E-state index in [0.717, 1.165) is 11.3 Å². The summed E-state index contributed by atoms with van der Waals surface area (Å²) in [7, 11) is 0. The molecule has 0 saturated carbocycles. The van der Waals surface area contributed by atoms with E-state index in [0.29, 0.717) is 16.9 Å². The predicted octanol–water partition coefficient (Wildman–Crippen LogP) is 3.99. The molecule has 0 aromatic heterocycles. The summed E-state index contributed by atoms with van der Waals surface area (Å²) < 4.78 is 5.69. The van der Waals surface area contributed by atoms with Gasteiger partial charge in [-0.2, -0.15) is 0 Å². The fourth-order valence-corrected chi connectivity index (χ4v) is 2.22. The molecule has 0 bridgehead atoms. The maximum Gasteiger partial charge on any atom is 0.255 e. The highest BCUT2D eigenvalue weighted by Crippen LogP contribution is 2.23. The molecule has 2 aromatic rings. The summed E-state index contributed by atoms with van der Waals surface area (Å²) >= 11 is 0. The lowest BCUT2D eigenvalue weighted by Crippen LogP contribution is -2.13. The van der Waals surface area contributed by atoms with Crippen LogP contribution in [-0.2, 0) is 4.79 Å². The van der Waals surface area contributed by atoms with Crippen LogP contribution >= 0.6 is 0 Å². The molecule has 0 aliphatic carbocycles. The number of benzene rings is 2. The Balaban J connectivity index is 2.06. The second kappa shape index (κ2) is 7.64. The smallest absolute Gasteiger partial charge is 0.255 e. The van der Waals surface area contributed by atoms with Crippen molar-refractivity contribution in [2.45, 2.75) is 33.8 Å². The molecule has 2 amide bonds. The molecule has 5 heteroatoms. The van der Waals surface area contributed by atoms with Gasteiger partial charge in [0.15, 0.2) is 0 Å². The molecule has 2 rings (SSSR count). The zero-order valence-electron chi connectivity index (χ0n) is 14.3. The van der Waals surface area contributed by atoms with Crippen molar-refractivity contribution in [2.75, 3.05) is 10.6 Å². The van der Waals surface area contributed by atoms with E-state index in [4.69, 9.17) is 4.74 Å². The first-order valence-corrected chi connectivity index (χ1v) is 7.81. The SMILES string of the molecule is CC(=O)Nc1ccc(C(=O)Nc2ccc(OC(C)C)c(C)c2)cc1. The largest absolute Gasteiger partial charge is 0.491 e. The second-order valence-corrected chi connectivity index (χ2v) is 5.86. The van der Waals surface area contributed by atoms with Crippen molar-refractivity contribution in [2.24, 2.45) is 0 Å². The van der Waals surface area contributed by atoms with Crippen LogP contribution < -0.4 is 15.4 Å². The Morgan fingerprint density at radius 1 is 0.958 bits per heavy atom. The van der Waals surface area contributed by atoms with Gasteiger partial charge in [0.2, 0.25) is 5.91 Å². The van der Waals surface area contributed by atoms with Gasteiger partial charge in [-0.15, -0.1) is 0 Å². The Kier molecular flexibility index (Phi) is 5.58. The van der Waals surface area contributed by atoms with Crippen molar-refractivity contribution in [1.82, 2.24) is 0 Å². The molecule has 2 aromatic carbocycles. The van der Waals surface area contributed by atoms with Crippen molar-refractivity contribution >= 4 is 23.2 Å². The molecule has 0 radical (unpaired) electrons. The number of rotatable bonds is 5.